The maximum Gasteiger partial charge on any atom is 0.106 e. The fourth-order valence-electron chi connectivity index (χ4n) is 2.23. The van der Waals surface area contributed by atoms with Crippen molar-refractivity contribution in [1.82, 2.24) is 0 Å². The summed E-state index contributed by atoms with van der Waals surface area (Å²) in [5.74, 6) is 0.766. The molecule has 1 aliphatic rings. The van der Waals surface area contributed by atoms with Crippen LogP contribution in [0.15, 0.2) is 18.2 Å². The Hall–Kier alpha value is -1.09. The molecule has 0 aliphatic heterocycles. The summed E-state index contributed by atoms with van der Waals surface area (Å²) in [5.41, 5.74) is 9.11. The van der Waals surface area contributed by atoms with Gasteiger partial charge in [-0.2, -0.15) is 0 Å². The van der Waals surface area contributed by atoms with Crippen molar-refractivity contribution in [2.24, 2.45) is 11.7 Å². The lowest BCUT2D eigenvalue weighted by molar-refractivity contribution is 0.494. The molecule has 0 spiro atoms. The highest BCUT2D eigenvalue weighted by Gasteiger charge is 2.37. The Morgan fingerprint density at radius 2 is 2.06 bits per heavy atom. The van der Waals surface area contributed by atoms with Gasteiger partial charge in [0.05, 0.1) is 0 Å². The number of nitrogens with two attached hydrogens (primary N) is 1. The van der Waals surface area contributed by atoms with Crippen LogP contribution in [0.3, 0.4) is 0 Å². The number of anilines is 1. The van der Waals surface area contributed by atoms with Crippen LogP contribution in [0.5, 0.6) is 0 Å². The van der Waals surface area contributed by atoms with E-state index in [1.165, 1.54) is 18.4 Å². The minimum Gasteiger partial charge on any atom is -0.389 e. The fourth-order valence-corrected chi connectivity index (χ4v) is 2.41. The molecule has 0 aromatic heterocycles. The van der Waals surface area contributed by atoms with Gasteiger partial charge in [-0.25, -0.2) is 0 Å². The van der Waals surface area contributed by atoms with E-state index in [1.54, 1.807) is 0 Å². The van der Waals surface area contributed by atoms with Gasteiger partial charge in [-0.05, 0) is 57.2 Å². The van der Waals surface area contributed by atoms with Crippen molar-refractivity contribution in [1.29, 1.82) is 0 Å². The predicted octanol–water partition coefficient (Wildman–Crippen LogP) is 3.23. The first-order chi connectivity index (χ1) is 7.90. The minimum absolute atomic E-state index is 0.118. The van der Waals surface area contributed by atoms with Crippen LogP contribution >= 0.6 is 12.2 Å². The maximum atomic E-state index is 5.77. The summed E-state index contributed by atoms with van der Waals surface area (Å²) in [4.78, 5) is 0.457. The van der Waals surface area contributed by atoms with Crippen LogP contribution in [0.2, 0.25) is 0 Å². The van der Waals surface area contributed by atoms with Crippen molar-refractivity contribution in [3.8, 4) is 0 Å². The number of benzene rings is 1. The Labute approximate surface area is 109 Å². The van der Waals surface area contributed by atoms with Gasteiger partial charge in [0.1, 0.15) is 4.99 Å². The topological polar surface area (TPSA) is 38.0 Å². The van der Waals surface area contributed by atoms with Gasteiger partial charge in [-0.15, -0.1) is 0 Å². The molecule has 3 heteroatoms. The molecule has 0 unspecified atom stereocenters. The summed E-state index contributed by atoms with van der Waals surface area (Å²) in [7, 11) is 0. The first-order valence-electron chi connectivity index (χ1n) is 6.09. The maximum absolute atomic E-state index is 5.77. The van der Waals surface area contributed by atoms with Crippen LogP contribution in [0.4, 0.5) is 5.69 Å². The average molecular weight is 248 g/mol. The van der Waals surface area contributed by atoms with Gasteiger partial charge in [0.25, 0.3) is 0 Å². The second-order valence-corrected chi connectivity index (χ2v) is 5.97. The van der Waals surface area contributed by atoms with E-state index in [-0.39, 0.29) is 5.54 Å². The van der Waals surface area contributed by atoms with Crippen LogP contribution in [0.25, 0.3) is 0 Å². The van der Waals surface area contributed by atoms with Crippen molar-refractivity contribution in [3.05, 3.63) is 29.3 Å². The molecule has 1 aromatic carbocycles. The fraction of sp³-hybridized carbons (Fsp3) is 0.500. The predicted molar refractivity (Wildman–Crippen MR) is 77.5 cm³/mol. The van der Waals surface area contributed by atoms with Gasteiger partial charge >= 0.3 is 0 Å². The molecule has 0 atom stereocenters. The Bertz CT molecular complexity index is 448. The third-order valence-corrected chi connectivity index (χ3v) is 3.72. The molecular weight excluding hydrogens is 228 g/mol. The van der Waals surface area contributed by atoms with Gasteiger partial charge in [-0.1, -0.05) is 18.3 Å². The molecule has 92 valence electrons. The molecule has 1 aliphatic carbocycles. The SMILES string of the molecule is Cc1ccc(C(N)=S)c(NC(C)(C)C2CC2)c1. The molecule has 0 radical (unpaired) electrons. The Balaban J connectivity index is 2.30. The molecule has 1 aromatic rings. The summed E-state index contributed by atoms with van der Waals surface area (Å²) in [5, 5.41) is 3.60. The lowest BCUT2D eigenvalue weighted by atomic mass is 9.97. The Morgan fingerprint density at radius 3 is 2.59 bits per heavy atom. The average Bonchev–Trinajstić information content (AvgIpc) is 2.99. The molecule has 0 bridgehead atoms. The van der Waals surface area contributed by atoms with E-state index in [9.17, 15) is 0 Å². The third kappa shape index (κ3) is 2.78. The standard InChI is InChI=1S/C14H20N2S/c1-9-4-7-11(13(15)17)12(8-9)16-14(2,3)10-5-6-10/h4,7-8,10,16H,5-6H2,1-3H3,(H2,15,17). The van der Waals surface area contributed by atoms with Gasteiger partial charge in [-0.3, -0.25) is 0 Å². The molecule has 1 fully saturated rings. The highest BCUT2D eigenvalue weighted by Crippen LogP contribution is 2.41. The van der Waals surface area contributed by atoms with E-state index in [4.69, 9.17) is 18.0 Å². The zero-order valence-electron chi connectivity index (χ0n) is 10.7. The molecule has 0 saturated heterocycles. The molecule has 2 nitrogen and oxygen atoms in total. The van der Waals surface area contributed by atoms with Gasteiger partial charge in [0, 0.05) is 16.8 Å². The van der Waals surface area contributed by atoms with E-state index in [0.29, 0.717) is 4.99 Å². The molecule has 0 heterocycles. The lowest BCUT2D eigenvalue weighted by Crippen LogP contribution is -2.34. The summed E-state index contributed by atoms with van der Waals surface area (Å²) >= 11 is 5.10. The number of nitrogens with one attached hydrogen (secondary N) is 1. The Kier molecular flexibility index (Phi) is 3.13. The van der Waals surface area contributed by atoms with Crippen LogP contribution in [0, 0.1) is 12.8 Å². The van der Waals surface area contributed by atoms with Gasteiger partial charge in [0.2, 0.25) is 0 Å². The van der Waals surface area contributed by atoms with Crippen LogP contribution in [-0.4, -0.2) is 10.5 Å². The van der Waals surface area contributed by atoms with E-state index in [2.05, 4.69) is 32.2 Å². The van der Waals surface area contributed by atoms with Crippen LogP contribution in [-0.2, 0) is 0 Å². The molecule has 17 heavy (non-hydrogen) atoms. The largest absolute Gasteiger partial charge is 0.389 e. The van der Waals surface area contributed by atoms with E-state index < -0.39 is 0 Å². The van der Waals surface area contributed by atoms with Crippen molar-refractivity contribution < 1.29 is 0 Å². The second kappa shape index (κ2) is 4.30. The molecule has 2 rings (SSSR count). The number of rotatable bonds is 4. The number of aryl methyl sites for hydroxylation is 1. The van der Waals surface area contributed by atoms with Crippen molar-refractivity contribution in [3.63, 3.8) is 0 Å². The van der Waals surface area contributed by atoms with Gasteiger partial charge < -0.3 is 11.1 Å². The highest BCUT2D eigenvalue weighted by molar-refractivity contribution is 7.80. The molecule has 3 N–H and O–H groups in total. The first kappa shape index (κ1) is 12.4. The van der Waals surface area contributed by atoms with E-state index in [0.717, 1.165) is 17.2 Å². The van der Waals surface area contributed by atoms with Crippen LogP contribution < -0.4 is 11.1 Å². The van der Waals surface area contributed by atoms with Crippen molar-refractivity contribution in [2.45, 2.75) is 39.2 Å². The number of hydrogen-bond donors (Lipinski definition) is 2. The summed E-state index contributed by atoms with van der Waals surface area (Å²) in [6.07, 6.45) is 2.63. The smallest absolute Gasteiger partial charge is 0.106 e. The van der Waals surface area contributed by atoms with Crippen molar-refractivity contribution >= 4 is 22.9 Å². The van der Waals surface area contributed by atoms with Gasteiger partial charge in [0.15, 0.2) is 0 Å². The third-order valence-electron chi connectivity index (χ3n) is 3.50. The Morgan fingerprint density at radius 1 is 1.41 bits per heavy atom. The van der Waals surface area contributed by atoms with Crippen LogP contribution in [0.1, 0.15) is 37.8 Å². The second-order valence-electron chi connectivity index (χ2n) is 5.53. The van der Waals surface area contributed by atoms with E-state index in [1.807, 2.05) is 12.1 Å². The summed E-state index contributed by atoms with van der Waals surface area (Å²) < 4.78 is 0. The number of hydrogen-bond acceptors (Lipinski definition) is 2. The number of thiocarbonyl (C=S) groups is 1. The normalized spacial score (nSPS) is 15.7. The first-order valence-corrected chi connectivity index (χ1v) is 6.49. The van der Waals surface area contributed by atoms with E-state index >= 15 is 0 Å². The monoisotopic (exact) mass is 248 g/mol. The lowest BCUT2D eigenvalue weighted by Gasteiger charge is -2.29. The zero-order chi connectivity index (χ0) is 12.6. The minimum atomic E-state index is 0.118. The zero-order valence-corrected chi connectivity index (χ0v) is 11.5. The highest BCUT2D eigenvalue weighted by atomic mass is 32.1. The summed E-state index contributed by atoms with van der Waals surface area (Å²) in [6, 6.07) is 6.17. The molecular formula is C14H20N2S. The van der Waals surface area contributed by atoms with Crippen molar-refractivity contribution in [2.75, 3.05) is 5.32 Å². The summed E-state index contributed by atoms with van der Waals surface area (Å²) in [6.45, 7) is 6.57. The molecule has 0 amide bonds. The molecule has 1 saturated carbocycles. The quantitative estimate of drug-likeness (QED) is 0.803.